The molecule has 2 fully saturated rings. The number of fused-ring (bicyclic) bond motifs is 1. The highest BCUT2D eigenvalue weighted by Gasteiger charge is 2.39. The standard InChI is InChI=1S/C21H26N3O2S/c25-27-11-8-18-21(27)19(22-17-6-9-26-10-7-17)12-20(23-18)24-13-16(14-24)15-4-2-1-3-5-15/h1-5,12,16-17,25H,6-11,13-14H2,(H,22,23)/q+1. The number of aryl methyl sites for hydroxylation is 1. The number of hydrogen-bond acceptors (Lipinski definition) is 5. The zero-order chi connectivity index (χ0) is 18.2. The Hall–Kier alpha value is -1.76. The van der Waals surface area contributed by atoms with Gasteiger partial charge in [-0.05, 0) is 18.4 Å². The molecule has 5 nitrogen and oxygen atoms in total. The molecule has 1 aromatic heterocycles. The summed E-state index contributed by atoms with van der Waals surface area (Å²) in [6.07, 6.45) is 2.91. The van der Waals surface area contributed by atoms with Crippen LogP contribution in [0.15, 0.2) is 41.3 Å². The van der Waals surface area contributed by atoms with Gasteiger partial charge in [0.15, 0.2) is 16.9 Å². The third-order valence-electron chi connectivity index (χ3n) is 5.85. The first-order chi connectivity index (χ1) is 13.3. The van der Waals surface area contributed by atoms with Crippen LogP contribution in [-0.4, -0.2) is 47.6 Å². The lowest BCUT2D eigenvalue weighted by Gasteiger charge is -2.40. The number of ether oxygens (including phenoxy) is 1. The third-order valence-corrected chi connectivity index (χ3v) is 7.37. The zero-order valence-electron chi connectivity index (χ0n) is 15.4. The molecule has 27 heavy (non-hydrogen) atoms. The van der Waals surface area contributed by atoms with Gasteiger partial charge in [-0.1, -0.05) is 30.3 Å². The van der Waals surface area contributed by atoms with Crippen molar-refractivity contribution < 1.29 is 9.29 Å². The second-order valence-corrected chi connectivity index (χ2v) is 9.21. The Balaban J connectivity index is 1.37. The molecule has 2 saturated heterocycles. The first kappa shape index (κ1) is 17.3. The van der Waals surface area contributed by atoms with Crippen molar-refractivity contribution in [1.29, 1.82) is 0 Å². The molecule has 6 heteroatoms. The van der Waals surface area contributed by atoms with E-state index in [4.69, 9.17) is 9.72 Å². The fourth-order valence-corrected chi connectivity index (χ4v) is 5.61. The van der Waals surface area contributed by atoms with Gasteiger partial charge in [0, 0.05) is 50.8 Å². The van der Waals surface area contributed by atoms with Gasteiger partial charge in [-0.15, -0.1) is 0 Å². The molecule has 1 aromatic carbocycles. The number of nitrogens with zero attached hydrogens (tertiary/aromatic N) is 2. The SMILES string of the molecule is O[S+]1CCc2nc(N3CC(c4ccccc4)C3)cc(NC3CCOCC3)c21. The Labute approximate surface area is 163 Å². The van der Waals surface area contributed by atoms with Crippen LogP contribution in [0.5, 0.6) is 0 Å². The number of hydrogen-bond donors (Lipinski definition) is 2. The van der Waals surface area contributed by atoms with Crippen LogP contribution in [0.2, 0.25) is 0 Å². The van der Waals surface area contributed by atoms with Crippen molar-refractivity contribution >= 4 is 22.7 Å². The zero-order valence-corrected chi connectivity index (χ0v) is 16.3. The highest BCUT2D eigenvalue weighted by molar-refractivity contribution is 7.92. The van der Waals surface area contributed by atoms with Gasteiger partial charge in [-0.2, -0.15) is 4.55 Å². The molecule has 142 valence electrons. The van der Waals surface area contributed by atoms with Gasteiger partial charge >= 0.3 is 0 Å². The van der Waals surface area contributed by atoms with Crippen LogP contribution in [0, 0.1) is 0 Å². The number of rotatable bonds is 4. The van der Waals surface area contributed by atoms with E-state index in [0.717, 1.165) is 73.4 Å². The lowest BCUT2D eigenvalue weighted by Crippen LogP contribution is -2.45. The first-order valence-corrected chi connectivity index (χ1v) is 11.2. The maximum Gasteiger partial charge on any atom is 0.234 e. The molecular weight excluding hydrogens is 358 g/mol. The summed E-state index contributed by atoms with van der Waals surface area (Å²) >= 11 is -0.681. The number of aromatic nitrogens is 1. The normalized spacial score (nSPS) is 23.1. The first-order valence-electron chi connectivity index (χ1n) is 9.86. The van der Waals surface area contributed by atoms with E-state index in [-0.39, 0.29) is 0 Å². The fourth-order valence-electron chi connectivity index (χ4n) is 4.23. The molecule has 0 radical (unpaired) electrons. The molecule has 0 saturated carbocycles. The van der Waals surface area contributed by atoms with Crippen molar-refractivity contribution in [1.82, 2.24) is 4.98 Å². The maximum absolute atomic E-state index is 10.5. The fraction of sp³-hybridized carbons (Fsp3) is 0.476. The summed E-state index contributed by atoms with van der Waals surface area (Å²) in [5, 5.41) is 3.70. The van der Waals surface area contributed by atoms with Crippen LogP contribution in [0.4, 0.5) is 11.5 Å². The van der Waals surface area contributed by atoms with Crippen molar-refractivity contribution in [2.75, 3.05) is 42.3 Å². The molecule has 1 atom stereocenters. The van der Waals surface area contributed by atoms with Crippen LogP contribution in [-0.2, 0) is 22.3 Å². The van der Waals surface area contributed by atoms with Crippen LogP contribution >= 0.6 is 0 Å². The van der Waals surface area contributed by atoms with Gasteiger partial charge in [0.05, 0.1) is 5.69 Å². The summed E-state index contributed by atoms with van der Waals surface area (Å²) in [5.74, 6) is 2.44. The van der Waals surface area contributed by atoms with Gasteiger partial charge < -0.3 is 15.0 Å². The summed E-state index contributed by atoms with van der Waals surface area (Å²) in [5.41, 5.74) is 3.58. The topological polar surface area (TPSA) is 57.6 Å². The summed E-state index contributed by atoms with van der Waals surface area (Å²) < 4.78 is 16.0. The third kappa shape index (κ3) is 3.42. The molecule has 5 rings (SSSR count). The summed E-state index contributed by atoms with van der Waals surface area (Å²) in [6.45, 7) is 3.65. The summed E-state index contributed by atoms with van der Waals surface area (Å²) in [7, 11) is 0. The minimum absolute atomic E-state index is 0.421. The lowest BCUT2D eigenvalue weighted by molar-refractivity contribution is 0.0904. The number of benzene rings is 1. The predicted octanol–water partition coefficient (Wildman–Crippen LogP) is 3.28. The predicted molar refractivity (Wildman–Crippen MR) is 110 cm³/mol. The second kappa shape index (κ2) is 7.34. The Morgan fingerprint density at radius 3 is 2.70 bits per heavy atom. The molecule has 3 aliphatic rings. The van der Waals surface area contributed by atoms with Crippen molar-refractivity contribution in [2.24, 2.45) is 0 Å². The molecule has 0 aliphatic carbocycles. The van der Waals surface area contributed by atoms with Crippen molar-refractivity contribution in [2.45, 2.75) is 36.1 Å². The van der Waals surface area contributed by atoms with Gasteiger partial charge in [0.25, 0.3) is 0 Å². The van der Waals surface area contributed by atoms with Crippen molar-refractivity contribution in [3.8, 4) is 0 Å². The molecule has 0 amide bonds. The molecule has 1 unspecified atom stereocenters. The largest absolute Gasteiger partial charge is 0.381 e. The highest BCUT2D eigenvalue weighted by Crippen LogP contribution is 2.38. The Morgan fingerprint density at radius 1 is 1.15 bits per heavy atom. The van der Waals surface area contributed by atoms with Gasteiger partial charge in [0.1, 0.15) is 11.5 Å². The number of pyridine rings is 1. The molecule has 4 heterocycles. The highest BCUT2D eigenvalue weighted by atomic mass is 32.2. The quantitative estimate of drug-likeness (QED) is 0.793. The van der Waals surface area contributed by atoms with E-state index >= 15 is 0 Å². The monoisotopic (exact) mass is 384 g/mol. The van der Waals surface area contributed by atoms with Crippen LogP contribution in [0.25, 0.3) is 0 Å². The Morgan fingerprint density at radius 2 is 1.93 bits per heavy atom. The van der Waals surface area contributed by atoms with E-state index in [1.165, 1.54) is 5.56 Å². The smallest absolute Gasteiger partial charge is 0.234 e. The molecule has 2 aromatic rings. The minimum Gasteiger partial charge on any atom is -0.381 e. The molecule has 0 spiro atoms. The summed E-state index contributed by atoms with van der Waals surface area (Å²) in [4.78, 5) is 8.32. The van der Waals surface area contributed by atoms with Crippen molar-refractivity contribution in [3.05, 3.63) is 47.7 Å². The van der Waals surface area contributed by atoms with Crippen LogP contribution in [0.3, 0.4) is 0 Å². The Kier molecular flexibility index (Phi) is 4.71. The number of anilines is 2. The van der Waals surface area contributed by atoms with Crippen molar-refractivity contribution in [3.63, 3.8) is 0 Å². The van der Waals surface area contributed by atoms with Crippen LogP contribution < -0.4 is 10.2 Å². The molecule has 3 aliphatic heterocycles. The Bertz CT molecular complexity index is 805. The minimum atomic E-state index is -0.681. The molecule has 0 bridgehead atoms. The van der Waals surface area contributed by atoms with Crippen LogP contribution in [0.1, 0.15) is 30.0 Å². The number of nitrogens with one attached hydrogen (secondary N) is 1. The van der Waals surface area contributed by atoms with E-state index in [1.54, 1.807) is 0 Å². The molecule has 2 N–H and O–H groups in total. The van der Waals surface area contributed by atoms with Gasteiger partial charge in [-0.3, -0.25) is 0 Å². The van der Waals surface area contributed by atoms with Gasteiger partial charge in [0.2, 0.25) is 4.90 Å². The average Bonchev–Trinajstić information content (AvgIpc) is 3.04. The van der Waals surface area contributed by atoms with Gasteiger partial charge in [-0.25, -0.2) is 4.98 Å². The van der Waals surface area contributed by atoms with E-state index in [9.17, 15) is 4.55 Å². The van der Waals surface area contributed by atoms with E-state index < -0.39 is 11.2 Å². The molecular formula is C21H26N3O2S+. The van der Waals surface area contributed by atoms with E-state index in [0.29, 0.717) is 12.0 Å². The average molecular weight is 385 g/mol. The summed E-state index contributed by atoms with van der Waals surface area (Å²) in [6, 6.07) is 13.3. The second-order valence-electron chi connectivity index (χ2n) is 7.67. The maximum atomic E-state index is 10.5. The van der Waals surface area contributed by atoms with E-state index in [1.807, 2.05) is 0 Å². The van der Waals surface area contributed by atoms with E-state index in [2.05, 4.69) is 46.6 Å². The lowest BCUT2D eigenvalue weighted by atomic mass is 9.91.